The van der Waals surface area contributed by atoms with Gasteiger partial charge in [-0.15, -0.1) is 0 Å². The number of amides is 1. The monoisotopic (exact) mass is 381 g/mol. The average Bonchev–Trinajstić information content (AvgIpc) is 3.20. The molecule has 140 valence electrons. The van der Waals surface area contributed by atoms with Gasteiger partial charge in [-0.3, -0.25) is 4.79 Å². The van der Waals surface area contributed by atoms with E-state index in [9.17, 15) is 18.0 Å². The Morgan fingerprint density at radius 1 is 1.12 bits per heavy atom. The Labute approximate surface area is 150 Å². The molecule has 0 radical (unpaired) electrons. The number of sulfone groups is 1. The molecule has 0 spiro atoms. The third-order valence-electron chi connectivity index (χ3n) is 4.77. The third kappa shape index (κ3) is 3.48. The molecular weight excluding hydrogens is 362 g/mol. The molecule has 1 aromatic carbocycles. The van der Waals surface area contributed by atoms with E-state index >= 15 is 0 Å². The van der Waals surface area contributed by atoms with Gasteiger partial charge in [0.15, 0.2) is 27.9 Å². The molecule has 0 N–H and O–H groups in total. The highest BCUT2D eigenvalue weighted by molar-refractivity contribution is 7.91. The Balaban J connectivity index is 1.38. The van der Waals surface area contributed by atoms with Crippen LogP contribution in [0.5, 0.6) is 11.5 Å². The fourth-order valence-corrected chi connectivity index (χ4v) is 5.07. The molecule has 0 bridgehead atoms. The lowest BCUT2D eigenvalue weighted by atomic mass is 10.2. The summed E-state index contributed by atoms with van der Waals surface area (Å²) in [6.07, 6.45) is 2.16. The molecule has 3 aliphatic rings. The van der Waals surface area contributed by atoms with Crippen LogP contribution in [0.2, 0.25) is 0 Å². The van der Waals surface area contributed by atoms with Crippen molar-refractivity contribution < 1.29 is 32.2 Å². The van der Waals surface area contributed by atoms with Gasteiger partial charge in [0.05, 0.1) is 17.1 Å². The van der Waals surface area contributed by atoms with Crippen molar-refractivity contribution in [2.24, 2.45) is 0 Å². The molecule has 2 fully saturated rings. The van der Waals surface area contributed by atoms with Crippen molar-refractivity contribution >= 4 is 21.7 Å². The molecule has 8 nitrogen and oxygen atoms in total. The van der Waals surface area contributed by atoms with Gasteiger partial charge in [0.25, 0.3) is 5.91 Å². The van der Waals surface area contributed by atoms with Crippen molar-refractivity contribution in [2.75, 3.05) is 24.9 Å². The van der Waals surface area contributed by atoms with Gasteiger partial charge < -0.3 is 19.1 Å². The highest BCUT2D eigenvalue weighted by Gasteiger charge is 2.42. The first-order valence-corrected chi connectivity index (χ1v) is 10.3. The number of benzene rings is 1. The van der Waals surface area contributed by atoms with Crippen molar-refractivity contribution in [3.05, 3.63) is 23.8 Å². The summed E-state index contributed by atoms with van der Waals surface area (Å²) in [6.45, 7) is -0.298. The number of hydrogen-bond donors (Lipinski definition) is 0. The largest absolute Gasteiger partial charge is 0.454 e. The molecule has 2 heterocycles. The molecule has 2 aliphatic heterocycles. The normalized spacial score (nSPS) is 22.8. The fourth-order valence-electron chi connectivity index (χ4n) is 3.36. The van der Waals surface area contributed by atoms with Gasteiger partial charge in [0, 0.05) is 12.1 Å². The molecule has 1 aromatic rings. The average molecular weight is 381 g/mol. The van der Waals surface area contributed by atoms with E-state index in [-0.39, 0.29) is 41.9 Å². The molecular formula is C17H19NO7S. The standard InChI is InChI=1S/C17H19NO7S/c19-16(18(12-2-3-12)13-5-6-26(21,22)9-13)8-23-17(20)11-1-4-14-15(7-11)25-10-24-14/h1,4,7,12-13H,2-3,5-6,8-10H2/t13-/m0/s1. The maximum absolute atomic E-state index is 12.6. The number of ether oxygens (including phenoxy) is 3. The highest BCUT2D eigenvalue weighted by Crippen LogP contribution is 2.33. The van der Waals surface area contributed by atoms with Crippen LogP contribution in [-0.4, -0.2) is 62.2 Å². The summed E-state index contributed by atoms with van der Waals surface area (Å²) in [4.78, 5) is 26.4. The van der Waals surface area contributed by atoms with Crippen LogP contribution in [0.15, 0.2) is 18.2 Å². The van der Waals surface area contributed by atoms with Gasteiger partial charge in [0.2, 0.25) is 6.79 Å². The maximum Gasteiger partial charge on any atom is 0.338 e. The van der Waals surface area contributed by atoms with Gasteiger partial charge in [-0.25, -0.2) is 13.2 Å². The van der Waals surface area contributed by atoms with Gasteiger partial charge in [-0.1, -0.05) is 0 Å². The molecule has 1 saturated heterocycles. The van der Waals surface area contributed by atoms with E-state index in [0.29, 0.717) is 17.9 Å². The Bertz CT molecular complexity index is 847. The number of esters is 1. The molecule has 1 saturated carbocycles. The minimum atomic E-state index is -3.09. The quantitative estimate of drug-likeness (QED) is 0.694. The second-order valence-corrected chi connectivity index (χ2v) is 8.96. The summed E-state index contributed by atoms with van der Waals surface area (Å²) in [6, 6.07) is 4.41. The number of carbonyl (C=O) groups is 2. The van der Waals surface area contributed by atoms with Gasteiger partial charge in [-0.2, -0.15) is 0 Å². The minimum absolute atomic E-state index is 0.00858. The van der Waals surface area contributed by atoms with Crippen LogP contribution >= 0.6 is 0 Å². The minimum Gasteiger partial charge on any atom is -0.454 e. The molecule has 0 aromatic heterocycles. The van der Waals surface area contributed by atoms with Crippen LogP contribution in [0.1, 0.15) is 29.6 Å². The number of rotatable bonds is 5. The molecule has 1 amide bonds. The Morgan fingerprint density at radius 3 is 2.58 bits per heavy atom. The first kappa shape index (κ1) is 17.1. The second kappa shape index (κ2) is 6.46. The van der Waals surface area contributed by atoms with E-state index in [2.05, 4.69) is 0 Å². The molecule has 1 aliphatic carbocycles. The van der Waals surface area contributed by atoms with Crippen LogP contribution < -0.4 is 9.47 Å². The molecule has 9 heteroatoms. The van der Waals surface area contributed by atoms with Crippen LogP contribution in [-0.2, 0) is 19.4 Å². The summed E-state index contributed by atoms with van der Waals surface area (Å²) in [7, 11) is -3.09. The van der Waals surface area contributed by atoms with Crippen molar-refractivity contribution in [1.82, 2.24) is 4.90 Å². The van der Waals surface area contributed by atoms with Crippen molar-refractivity contribution in [2.45, 2.75) is 31.3 Å². The Kier molecular flexibility index (Phi) is 4.26. The molecule has 0 unspecified atom stereocenters. The summed E-state index contributed by atoms with van der Waals surface area (Å²) in [5.74, 6) is 0.132. The topological polar surface area (TPSA) is 99.2 Å². The molecule has 26 heavy (non-hydrogen) atoms. The number of carbonyl (C=O) groups excluding carboxylic acids is 2. The zero-order valence-electron chi connectivity index (χ0n) is 14.0. The SMILES string of the molecule is O=C(OCC(=O)N(C1CC1)[C@H]1CCS(=O)(=O)C1)c1ccc2c(c1)OCO2. The van der Waals surface area contributed by atoms with E-state index in [0.717, 1.165) is 12.8 Å². The van der Waals surface area contributed by atoms with E-state index in [4.69, 9.17) is 14.2 Å². The second-order valence-electron chi connectivity index (χ2n) is 6.73. The predicted octanol–water partition coefficient (Wildman–Crippen LogP) is 0.750. The molecule has 4 rings (SSSR count). The Morgan fingerprint density at radius 2 is 1.88 bits per heavy atom. The summed E-state index contributed by atoms with van der Waals surface area (Å²) in [5.41, 5.74) is 0.267. The van der Waals surface area contributed by atoms with E-state index < -0.39 is 22.4 Å². The maximum atomic E-state index is 12.6. The highest BCUT2D eigenvalue weighted by atomic mass is 32.2. The van der Waals surface area contributed by atoms with Crippen LogP contribution in [0, 0.1) is 0 Å². The lowest BCUT2D eigenvalue weighted by molar-refractivity contribution is -0.137. The van der Waals surface area contributed by atoms with Crippen molar-refractivity contribution in [3.8, 4) is 11.5 Å². The fraction of sp³-hybridized carbons (Fsp3) is 0.529. The first-order valence-electron chi connectivity index (χ1n) is 8.51. The smallest absolute Gasteiger partial charge is 0.338 e. The summed E-state index contributed by atoms with van der Waals surface area (Å²) < 4.78 is 39.0. The van der Waals surface area contributed by atoms with Crippen LogP contribution in [0.3, 0.4) is 0 Å². The molecule has 1 atom stereocenters. The summed E-state index contributed by atoms with van der Waals surface area (Å²) in [5, 5.41) is 0. The summed E-state index contributed by atoms with van der Waals surface area (Å²) >= 11 is 0. The third-order valence-corrected chi connectivity index (χ3v) is 6.52. The number of fused-ring (bicyclic) bond motifs is 1. The number of hydrogen-bond acceptors (Lipinski definition) is 7. The van der Waals surface area contributed by atoms with Gasteiger partial charge in [0.1, 0.15) is 0 Å². The van der Waals surface area contributed by atoms with Crippen molar-refractivity contribution in [1.29, 1.82) is 0 Å². The van der Waals surface area contributed by atoms with E-state index in [1.807, 2.05) is 0 Å². The van der Waals surface area contributed by atoms with Gasteiger partial charge >= 0.3 is 5.97 Å². The number of nitrogens with zero attached hydrogens (tertiary/aromatic N) is 1. The predicted molar refractivity (Wildman–Crippen MR) is 89.8 cm³/mol. The van der Waals surface area contributed by atoms with Crippen LogP contribution in [0.25, 0.3) is 0 Å². The first-order chi connectivity index (χ1) is 12.4. The lowest BCUT2D eigenvalue weighted by Crippen LogP contribution is -2.44. The van der Waals surface area contributed by atoms with Crippen molar-refractivity contribution in [3.63, 3.8) is 0 Å². The van der Waals surface area contributed by atoms with Gasteiger partial charge in [-0.05, 0) is 37.5 Å². The van der Waals surface area contributed by atoms with E-state index in [1.54, 1.807) is 17.0 Å². The zero-order chi connectivity index (χ0) is 18.3. The lowest BCUT2D eigenvalue weighted by Gasteiger charge is -2.28. The Hall–Kier alpha value is -2.29. The van der Waals surface area contributed by atoms with E-state index in [1.165, 1.54) is 6.07 Å². The van der Waals surface area contributed by atoms with Crippen LogP contribution in [0.4, 0.5) is 0 Å². The zero-order valence-corrected chi connectivity index (χ0v) is 14.9.